The van der Waals surface area contributed by atoms with E-state index in [0.29, 0.717) is 6.04 Å². The molecule has 3 heteroatoms. The smallest absolute Gasteiger partial charge is 0.237 e. The first-order valence-corrected chi connectivity index (χ1v) is 6.85. The van der Waals surface area contributed by atoms with Gasteiger partial charge in [-0.3, -0.25) is 9.69 Å². The fourth-order valence-electron chi connectivity index (χ4n) is 2.56. The topological polar surface area (TPSA) is 32.3 Å². The Balaban J connectivity index is 1.65. The summed E-state index contributed by atoms with van der Waals surface area (Å²) in [5.74, 6) is 0.192. The van der Waals surface area contributed by atoms with E-state index >= 15 is 0 Å². The molecule has 1 aliphatic carbocycles. The lowest BCUT2D eigenvalue weighted by Crippen LogP contribution is -2.47. The lowest BCUT2D eigenvalue weighted by atomic mass is 9.99. The molecule has 1 amide bonds. The first-order chi connectivity index (χ1) is 8.74. The molecule has 3 nitrogen and oxygen atoms in total. The molecule has 1 aromatic carbocycles. The van der Waals surface area contributed by atoms with Crippen molar-refractivity contribution >= 4 is 5.91 Å². The first-order valence-electron chi connectivity index (χ1n) is 6.85. The Kier molecular flexibility index (Phi) is 3.08. The van der Waals surface area contributed by atoms with Crippen molar-refractivity contribution in [3.05, 3.63) is 35.4 Å². The Morgan fingerprint density at radius 2 is 2.06 bits per heavy atom. The van der Waals surface area contributed by atoms with Crippen molar-refractivity contribution in [3.63, 3.8) is 0 Å². The maximum absolute atomic E-state index is 12.1. The molecule has 96 valence electrons. The zero-order chi connectivity index (χ0) is 12.5. The zero-order valence-corrected chi connectivity index (χ0v) is 10.9. The summed E-state index contributed by atoms with van der Waals surface area (Å²) < 4.78 is 0. The van der Waals surface area contributed by atoms with Gasteiger partial charge in [-0.2, -0.15) is 0 Å². The summed E-state index contributed by atoms with van der Waals surface area (Å²) in [7, 11) is 0. The third kappa shape index (κ3) is 2.41. The SMILES string of the molecule is C[C@H](C(=O)NC1CC1)N1CCc2ccccc2C1. The van der Waals surface area contributed by atoms with Crippen LogP contribution in [0, 0.1) is 0 Å². The second-order valence-corrected chi connectivity index (χ2v) is 5.45. The number of nitrogens with one attached hydrogen (secondary N) is 1. The van der Waals surface area contributed by atoms with Crippen LogP contribution in [0.2, 0.25) is 0 Å². The normalized spacial score (nSPS) is 21.2. The van der Waals surface area contributed by atoms with Gasteiger partial charge in [0.05, 0.1) is 6.04 Å². The van der Waals surface area contributed by atoms with Gasteiger partial charge in [-0.1, -0.05) is 24.3 Å². The molecule has 0 bridgehead atoms. The van der Waals surface area contributed by atoms with Gasteiger partial charge in [0.15, 0.2) is 0 Å². The average molecular weight is 244 g/mol. The van der Waals surface area contributed by atoms with Crippen molar-refractivity contribution in [1.29, 1.82) is 0 Å². The van der Waals surface area contributed by atoms with Crippen LogP contribution in [0.3, 0.4) is 0 Å². The molecule has 2 aliphatic rings. The number of hydrogen-bond acceptors (Lipinski definition) is 2. The van der Waals surface area contributed by atoms with Crippen molar-refractivity contribution < 1.29 is 4.79 Å². The van der Waals surface area contributed by atoms with E-state index in [0.717, 1.165) is 32.4 Å². The van der Waals surface area contributed by atoms with Crippen molar-refractivity contribution in [2.45, 2.75) is 44.8 Å². The van der Waals surface area contributed by atoms with Crippen LogP contribution < -0.4 is 5.32 Å². The Morgan fingerprint density at radius 3 is 2.78 bits per heavy atom. The summed E-state index contributed by atoms with van der Waals surface area (Å²) in [5, 5.41) is 3.09. The zero-order valence-electron chi connectivity index (χ0n) is 10.9. The van der Waals surface area contributed by atoms with Gasteiger partial charge in [0.2, 0.25) is 5.91 Å². The number of benzene rings is 1. The fourth-order valence-corrected chi connectivity index (χ4v) is 2.56. The van der Waals surface area contributed by atoms with Crippen LogP contribution in [-0.4, -0.2) is 29.4 Å². The molecule has 0 saturated heterocycles. The lowest BCUT2D eigenvalue weighted by Gasteiger charge is -2.32. The Bertz CT molecular complexity index is 454. The molecule has 0 unspecified atom stereocenters. The molecule has 18 heavy (non-hydrogen) atoms. The predicted molar refractivity (Wildman–Crippen MR) is 71.2 cm³/mol. The molecule has 1 N–H and O–H groups in total. The maximum atomic E-state index is 12.1. The molecule has 3 rings (SSSR count). The summed E-state index contributed by atoms with van der Waals surface area (Å²) in [6.07, 6.45) is 3.36. The Labute approximate surface area is 108 Å². The molecule has 1 atom stereocenters. The van der Waals surface area contributed by atoms with Crippen molar-refractivity contribution in [2.24, 2.45) is 0 Å². The standard InChI is InChI=1S/C15H20N2O/c1-11(15(18)16-14-6-7-14)17-9-8-12-4-2-3-5-13(12)10-17/h2-5,11,14H,6-10H2,1H3,(H,16,18)/t11-/m1/s1. The molecule has 1 aromatic rings. The third-order valence-electron chi connectivity index (χ3n) is 4.01. The quantitative estimate of drug-likeness (QED) is 0.878. The minimum absolute atomic E-state index is 0.0149. The van der Waals surface area contributed by atoms with Crippen LogP contribution in [0.25, 0.3) is 0 Å². The van der Waals surface area contributed by atoms with Crippen LogP contribution in [0.5, 0.6) is 0 Å². The molecule has 0 spiro atoms. The number of hydrogen-bond donors (Lipinski definition) is 1. The lowest BCUT2D eigenvalue weighted by molar-refractivity contribution is -0.126. The fraction of sp³-hybridized carbons (Fsp3) is 0.533. The Morgan fingerprint density at radius 1 is 1.33 bits per heavy atom. The Hall–Kier alpha value is -1.35. The van der Waals surface area contributed by atoms with E-state index in [-0.39, 0.29) is 11.9 Å². The van der Waals surface area contributed by atoms with Crippen molar-refractivity contribution in [3.8, 4) is 0 Å². The number of amides is 1. The average Bonchev–Trinajstić information content (AvgIpc) is 3.21. The highest BCUT2D eigenvalue weighted by molar-refractivity contribution is 5.81. The summed E-state index contributed by atoms with van der Waals surface area (Å²) in [5.41, 5.74) is 2.80. The molecule has 1 aliphatic heterocycles. The van der Waals surface area contributed by atoms with Gasteiger partial charge in [-0.05, 0) is 37.3 Å². The van der Waals surface area contributed by atoms with Gasteiger partial charge >= 0.3 is 0 Å². The summed E-state index contributed by atoms with van der Waals surface area (Å²) in [6.45, 7) is 3.90. The minimum atomic E-state index is -0.0149. The highest BCUT2D eigenvalue weighted by atomic mass is 16.2. The third-order valence-corrected chi connectivity index (χ3v) is 4.01. The van der Waals surface area contributed by atoms with Crippen molar-refractivity contribution in [2.75, 3.05) is 6.54 Å². The van der Waals surface area contributed by atoms with E-state index < -0.39 is 0 Å². The molecule has 0 aromatic heterocycles. The van der Waals surface area contributed by atoms with Crippen molar-refractivity contribution in [1.82, 2.24) is 10.2 Å². The van der Waals surface area contributed by atoms with E-state index in [9.17, 15) is 4.79 Å². The van der Waals surface area contributed by atoms with E-state index in [1.54, 1.807) is 0 Å². The largest absolute Gasteiger partial charge is 0.352 e. The van der Waals surface area contributed by atoms with E-state index in [1.165, 1.54) is 11.1 Å². The van der Waals surface area contributed by atoms with Crippen LogP contribution in [0.15, 0.2) is 24.3 Å². The summed E-state index contributed by atoms with van der Waals surface area (Å²) in [4.78, 5) is 14.3. The van der Waals surface area contributed by atoms with Gasteiger partial charge in [0.1, 0.15) is 0 Å². The maximum Gasteiger partial charge on any atom is 0.237 e. The van der Waals surface area contributed by atoms with E-state index in [2.05, 4.69) is 34.5 Å². The molecular formula is C15H20N2O. The van der Waals surface area contributed by atoms with Gasteiger partial charge in [-0.15, -0.1) is 0 Å². The molecule has 1 heterocycles. The number of fused-ring (bicyclic) bond motifs is 1. The molecular weight excluding hydrogens is 224 g/mol. The summed E-state index contributed by atoms with van der Waals surface area (Å²) in [6, 6.07) is 8.99. The number of carbonyl (C=O) groups is 1. The van der Waals surface area contributed by atoms with Crippen LogP contribution in [0.4, 0.5) is 0 Å². The first kappa shape index (κ1) is 11.7. The van der Waals surface area contributed by atoms with Gasteiger partial charge in [0, 0.05) is 19.1 Å². The number of carbonyl (C=O) groups excluding carboxylic acids is 1. The minimum Gasteiger partial charge on any atom is -0.352 e. The van der Waals surface area contributed by atoms with Crippen LogP contribution in [0.1, 0.15) is 30.9 Å². The van der Waals surface area contributed by atoms with Gasteiger partial charge in [0.25, 0.3) is 0 Å². The summed E-state index contributed by atoms with van der Waals surface area (Å²) >= 11 is 0. The molecule has 1 fully saturated rings. The predicted octanol–water partition coefficient (Wildman–Crippen LogP) is 1.71. The monoisotopic (exact) mass is 244 g/mol. The second-order valence-electron chi connectivity index (χ2n) is 5.45. The number of nitrogens with zero attached hydrogens (tertiary/aromatic N) is 1. The van der Waals surface area contributed by atoms with E-state index in [4.69, 9.17) is 0 Å². The highest BCUT2D eigenvalue weighted by Crippen LogP contribution is 2.22. The molecule has 1 saturated carbocycles. The van der Waals surface area contributed by atoms with Gasteiger partial charge in [-0.25, -0.2) is 0 Å². The second kappa shape index (κ2) is 4.73. The highest BCUT2D eigenvalue weighted by Gasteiger charge is 2.29. The van der Waals surface area contributed by atoms with Gasteiger partial charge < -0.3 is 5.32 Å². The number of rotatable bonds is 3. The van der Waals surface area contributed by atoms with Crippen LogP contribution >= 0.6 is 0 Å². The van der Waals surface area contributed by atoms with E-state index in [1.807, 2.05) is 6.92 Å². The molecule has 0 radical (unpaired) electrons. The van der Waals surface area contributed by atoms with Crippen LogP contribution in [-0.2, 0) is 17.8 Å².